The number of rotatable bonds is 7. The minimum absolute atomic E-state index is 0.235. The smallest absolute Gasteiger partial charge is 0.320 e. The molecule has 0 aliphatic rings. The van der Waals surface area contributed by atoms with Gasteiger partial charge in [0.05, 0.1) is 0 Å². The molecule has 0 aromatic carbocycles. The van der Waals surface area contributed by atoms with Gasteiger partial charge >= 0.3 is 5.97 Å². The predicted molar refractivity (Wildman–Crippen MR) is 56.9 cm³/mol. The molecule has 0 rings (SSSR count). The molecule has 0 aliphatic carbocycles. The lowest BCUT2D eigenvalue weighted by Gasteiger charge is -2.16. The van der Waals surface area contributed by atoms with Gasteiger partial charge in [0.15, 0.2) is 0 Å². The van der Waals surface area contributed by atoms with Gasteiger partial charge in [-0.05, 0) is 31.6 Å². The fraction of sp³-hybridized carbons (Fsp3) is 0.900. The molecule has 4 heteroatoms. The second kappa shape index (κ2) is 6.79. The van der Waals surface area contributed by atoms with Gasteiger partial charge in [-0.2, -0.15) is 0 Å². The summed E-state index contributed by atoms with van der Waals surface area (Å²) in [6.07, 6.45) is 3.41. The Bertz CT molecular complexity index is 174. The summed E-state index contributed by atoms with van der Waals surface area (Å²) in [6, 6.07) is -0.499. The SMILES string of the molecule is CCC(N)CCC(C)C[C@H](N)C(=O)O. The highest BCUT2D eigenvalue weighted by Gasteiger charge is 2.15. The van der Waals surface area contributed by atoms with Gasteiger partial charge in [0, 0.05) is 6.04 Å². The Labute approximate surface area is 85.7 Å². The van der Waals surface area contributed by atoms with Gasteiger partial charge in [0.25, 0.3) is 0 Å². The molecule has 3 atom stereocenters. The fourth-order valence-electron chi connectivity index (χ4n) is 1.35. The standard InChI is InChI=1S/C10H22N2O2/c1-3-8(11)5-4-7(2)6-9(12)10(13)14/h7-9H,3-6,11-12H2,1-2H3,(H,13,14)/t7?,8?,9-/m0/s1. The molecule has 0 aliphatic heterocycles. The van der Waals surface area contributed by atoms with Gasteiger partial charge < -0.3 is 16.6 Å². The van der Waals surface area contributed by atoms with Crippen LogP contribution in [0.4, 0.5) is 0 Å². The number of carboxylic acid groups (broad SMARTS) is 1. The third kappa shape index (κ3) is 5.94. The van der Waals surface area contributed by atoms with E-state index in [1.54, 1.807) is 0 Å². The second-order valence-corrected chi connectivity index (χ2v) is 4.03. The van der Waals surface area contributed by atoms with Crippen LogP contribution in [0.2, 0.25) is 0 Å². The molecule has 0 saturated carbocycles. The van der Waals surface area contributed by atoms with E-state index < -0.39 is 12.0 Å². The van der Waals surface area contributed by atoms with E-state index in [1.807, 2.05) is 6.92 Å². The third-order valence-electron chi connectivity index (χ3n) is 2.53. The average Bonchev–Trinajstić information content (AvgIpc) is 2.13. The lowest BCUT2D eigenvalue weighted by molar-refractivity contribution is -0.138. The van der Waals surface area contributed by atoms with E-state index in [0.717, 1.165) is 19.3 Å². The monoisotopic (exact) mass is 202 g/mol. The highest BCUT2D eigenvalue weighted by atomic mass is 16.4. The molecule has 0 spiro atoms. The first-order valence-corrected chi connectivity index (χ1v) is 5.21. The van der Waals surface area contributed by atoms with Crippen molar-refractivity contribution in [2.24, 2.45) is 17.4 Å². The molecular formula is C10H22N2O2. The molecule has 0 fully saturated rings. The van der Waals surface area contributed by atoms with Crippen molar-refractivity contribution >= 4 is 5.97 Å². The Balaban J connectivity index is 3.64. The quantitative estimate of drug-likeness (QED) is 0.573. The fourth-order valence-corrected chi connectivity index (χ4v) is 1.35. The van der Waals surface area contributed by atoms with Gasteiger partial charge in [-0.15, -0.1) is 0 Å². The van der Waals surface area contributed by atoms with Crippen molar-refractivity contribution in [2.75, 3.05) is 0 Å². The number of aliphatic carboxylic acids is 1. The van der Waals surface area contributed by atoms with E-state index in [9.17, 15) is 4.79 Å². The minimum atomic E-state index is -0.920. The van der Waals surface area contributed by atoms with E-state index in [4.69, 9.17) is 16.6 Å². The van der Waals surface area contributed by atoms with E-state index in [0.29, 0.717) is 12.3 Å². The van der Waals surface area contributed by atoms with Crippen LogP contribution >= 0.6 is 0 Å². The molecule has 2 unspecified atom stereocenters. The first kappa shape index (κ1) is 13.4. The third-order valence-corrected chi connectivity index (χ3v) is 2.53. The van der Waals surface area contributed by atoms with Crippen molar-refractivity contribution in [3.8, 4) is 0 Å². The normalized spacial score (nSPS) is 17.4. The maximum atomic E-state index is 10.5. The Morgan fingerprint density at radius 1 is 1.36 bits per heavy atom. The zero-order chi connectivity index (χ0) is 11.1. The molecule has 5 N–H and O–H groups in total. The van der Waals surface area contributed by atoms with E-state index >= 15 is 0 Å². The number of carboxylic acids is 1. The molecule has 0 aromatic rings. The molecular weight excluding hydrogens is 180 g/mol. The topological polar surface area (TPSA) is 89.3 Å². The lowest BCUT2D eigenvalue weighted by atomic mass is 9.95. The lowest BCUT2D eigenvalue weighted by Crippen LogP contribution is -2.32. The van der Waals surface area contributed by atoms with Crippen LogP contribution in [0, 0.1) is 5.92 Å². The zero-order valence-corrected chi connectivity index (χ0v) is 9.07. The van der Waals surface area contributed by atoms with Gasteiger partial charge in [-0.3, -0.25) is 4.79 Å². The molecule has 0 amide bonds. The summed E-state index contributed by atoms with van der Waals surface area (Å²) in [4.78, 5) is 10.5. The van der Waals surface area contributed by atoms with Crippen molar-refractivity contribution in [3.05, 3.63) is 0 Å². The van der Waals surface area contributed by atoms with Crippen LogP contribution in [0.25, 0.3) is 0 Å². The first-order chi connectivity index (χ1) is 6.47. The van der Waals surface area contributed by atoms with Crippen LogP contribution in [-0.2, 0) is 4.79 Å². The molecule has 0 aromatic heterocycles. The number of carbonyl (C=O) groups is 1. The number of hydrogen-bond acceptors (Lipinski definition) is 3. The van der Waals surface area contributed by atoms with Crippen LogP contribution < -0.4 is 11.5 Å². The molecule has 0 saturated heterocycles. The van der Waals surface area contributed by atoms with Crippen LogP contribution in [0.3, 0.4) is 0 Å². The maximum Gasteiger partial charge on any atom is 0.320 e. The molecule has 84 valence electrons. The second-order valence-electron chi connectivity index (χ2n) is 4.03. The molecule has 0 bridgehead atoms. The highest BCUT2D eigenvalue weighted by Crippen LogP contribution is 2.13. The van der Waals surface area contributed by atoms with E-state index in [-0.39, 0.29) is 6.04 Å². The summed E-state index contributed by atoms with van der Waals surface area (Å²) in [5.41, 5.74) is 11.2. The molecule has 0 radical (unpaired) electrons. The van der Waals surface area contributed by atoms with Gasteiger partial charge in [-0.25, -0.2) is 0 Å². The summed E-state index contributed by atoms with van der Waals surface area (Å²) in [5.74, 6) is -0.588. The van der Waals surface area contributed by atoms with Crippen LogP contribution in [0.15, 0.2) is 0 Å². The van der Waals surface area contributed by atoms with Crippen molar-refractivity contribution in [2.45, 2.75) is 51.6 Å². The van der Waals surface area contributed by atoms with Crippen LogP contribution in [0.5, 0.6) is 0 Å². The Morgan fingerprint density at radius 3 is 2.36 bits per heavy atom. The highest BCUT2D eigenvalue weighted by molar-refractivity contribution is 5.72. The first-order valence-electron chi connectivity index (χ1n) is 5.21. The van der Waals surface area contributed by atoms with E-state index in [2.05, 4.69) is 6.92 Å². The molecule has 4 nitrogen and oxygen atoms in total. The summed E-state index contributed by atoms with van der Waals surface area (Å²) < 4.78 is 0. The van der Waals surface area contributed by atoms with Gasteiger partial charge in [0.1, 0.15) is 6.04 Å². The van der Waals surface area contributed by atoms with E-state index in [1.165, 1.54) is 0 Å². The Morgan fingerprint density at radius 2 is 1.93 bits per heavy atom. The summed E-state index contributed by atoms with van der Waals surface area (Å²) >= 11 is 0. The molecule has 0 heterocycles. The van der Waals surface area contributed by atoms with Gasteiger partial charge in [0.2, 0.25) is 0 Å². The van der Waals surface area contributed by atoms with Crippen LogP contribution in [-0.4, -0.2) is 23.2 Å². The maximum absolute atomic E-state index is 10.5. The number of nitrogens with two attached hydrogens (primary N) is 2. The summed E-state index contributed by atoms with van der Waals surface area (Å²) in [7, 11) is 0. The minimum Gasteiger partial charge on any atom is -0.480 e. The van der Waals surface area contributed by atoms with Crippen molar-refractivity contribution in [1.29, 1.82) is 0 Å². The predicted octanol–water partition coefficient (Wildman–Crippen LogP) is 0.942. The summed E-state index contributed by atoms with van der Waals surface area (Å²) in [5, 5.41) is 8.60. The number of hydrogen-bond donors (Lipinski definition) is 3. The summed E-state index contributed by atoms with van der Waals surface area (Å²) in [6.45, 7) is 4.07. The van der Waals surface area contributed by atoms with Crippen molar-refractivity contribution < 1.29 is 9.90 Å². The van der Waals surface area contributed by atoms with Crippen molar-refractivity contribution in [3.63, 3.8) is 0 Å². The Kier molecular flexibility index (Phi) is 6.49. The zero-order valence-electron chi connectivity index (χ0n) is 9.07. The van der Waals surface area contributed by atoms with Gasteiger partial charge in [-0.1, -0.05) is 13.8 Å². The average molecular weight is 202 g/mol. The van der Waals surface area contributed by atoms with Crippen LogP contribution in [0.1, 0.15) is 39.5 Å². The Hall–Kier alpha value is -0.610. The van der Waals surface area contributed by atoms with Crippen molar-refractivity contribution in [1.82, 2.24) is 0 Å². The molecule has 14 heavy (non-hydrogen) atoms. The largest absolute Gasteiger partial charge is 0.480 e.